The topological polar surface area (TPSA) is 50.4 Å². The molecule has 4 nitrogen and oxygen atoms in total. The van der Waals surface area contributed by atoms with E-state index in [0.29, 0.717) is 41.0 Å². The minimum absolute atomic E-state index is 0.114. The lowest BCUT2D eigenvalue weighted by molar-refractivity contribution is -0.116. The minimum atomic E-state index is -0.114. The zero-order chi connectivity index (χ0) is 16.7. The van der Waals surface area contributed by atoms with Crippen molar-refractivity contribution >= 4 is 34.8 Å². The van der Waals surface area contributed by atoms with Gasteiger partial charge in [-0.2, -0.15) is 0 Å². The molecule has 0 bridgehead atoms. The number of benzene rings is 2. The van der Waals surface area contributed by atoms with Crippen molar-refractivity contribution in [2.45, 2.75) is 13.0 Å². The summed E-state index contributed by atoms with van der Waals surface area (Å²) in [7, 11) is 1.55. The zero-order valence-electron chi connectivity index (χ0n) is 12.7. The summed E-state index contributed by atoms with van der Waals surface area (Å²) < 4.78 is 5.19. The fourth-order valence-corrected chi connectivity index (χ4v) is 2.43. The summed E-state index contributed by atoms with van der Waals surface area (Å²) in [6.07, 6.45) is 0.333. The first-order chi connectivity index (χ1) is 11.1. The molecule has 0 heterocycles. The Kier molecular flexibility index (Phi) is 6.71. The monoisotopic (exact) mass is 352 g/mol. The molecule has 1 amide bonds. The van der Waals surface area contributed by atoms with E-state index in [1.807, 2.05) is 24.3 Å². The van der Waals surface area contributed by atoms with Crippen LogP contribution in [0.15, 0.2) is 42.5 Å². The van der Waals surface area contributed by atoms with Gasteiger partial charge in [0.15, 0.2) is 0 Å². The normalized spacial score (nSPS) is 10.4. The van der Waals surface area contributed by atoms with Gasteiger partial charge in [0.2, 0.25) is 5.91 Å². The summed E-state index contributed by atoms with van der Waals surface area (Å²) in [6, 6.07) is 12.7. The highest BCUT2D eigenvalue weighted by Crippen LogP contribution is 2.27. The summed E-state index contributed by atoms with van der Waals surface area (Å²) >= 11 is 12.0. The fraction of sp³-hybridized carbons (Fsp3) is 0.235. The van der Waals surface area contributed by atoms with Crippen LogP contribution in [0.25, 0.3) is 0 Å². The van der Waals surface area contributed by atoms with Crippen LogP contribution in [0.4, 0.5) is 5.69 Å². The molecule has 0 spiro atoms. The molecule has 23 heavy (non-hydrogen) atoms. The number of carbonyl (C=O) groups excluding carboxylic acids is 1. The Balaban J connectivity index is 1.80. The summed E-state index contributed by atoms with van der Waals surface area (Å²) in [4.78, 5) is 12.0. The highest BCUT2D eigenvalue weighted by Gasteiger charge is 2.08. The van der Waals surface area contributed by atoms with Crippen LogP contribution in [-0.4, -0.2) is 19.6 Å². The van der Waals surface area contributed by atoms with Gasteiger partial charge < -0.3 is 15.4 Å². The molecule has 0 radical (unpaired) electrons. The van der Waals surface area contributed by atoms with E-state index in [-0.39, 0.29) is 5.91 Å². The van der Waals surface area contributed by atoms with E-state index >= 15 is 0 Å². The van der Waals surface area contributed by atoms with Crippen molar-refractivity contribution in [2.24, 2.45) is 0 Å². The number of halogens is 2. The lowest BCUT2D eigenvalue weighted by atomic mass is 10.2. The maximum Gasteiger partial charge on any atom is 0.225 e. The van der Waals surface area contributed by atoms with Crippen molar-refractivity contribution in [3.63, 3.8) is 0 Å². The predicted molar refractivity (Wildman–Crippen MR) is 94.4 cm³/mol. The fourth-order valence-electron chi connectivity index (χ4n) is 2.06. The van der Waals surface area contributed by atoms with E-state index in [4.69, 9.17) is 27.9 Å². The molecule has 2 aromatic rings. The Morgan fingerprint density at radius 1 is 1.17 bits per heavy atom. The highest BCUT2D eigenvalue weighted by molar-refractivity contribution is 6.31. The van der Waals surface area contributed by atoms with Gasteiger partial charge in [0.05, 0.1) is 12.8 Å². The number of hydrogen-bond acceptors (Lipinski definition) is 3. The average Bonchev–Trinajstić information content (AvgIpc) is 2.53. The molecule has 0 aliphatic carbocycles. The van der Waals surface area contributed by atoms with Gasteiger partial charge in [0.1, 0.15) is 5.75 Å². The Hall–Kier alpha value is -1.75. The van der Waals surface area contributed by atoms with Crippen molar-refractivity contribution in [1.29, 1.82) is 0 Å². The smallest absolute Gasteiger partial charge is 0.225 e. The van der Waals surface area contributed by atoms with Crippen LogP contribution in [0.1, 0.15) is 12.0 Å². The standard InChI is InChI=1S/C17H18Cl2N2O2/c1-23-16-7-6-13(18)10-15(16)21-17(22)8-9-20-11-12-4-2-3-5-14(12)19/h2-7,10,20H,8-9,11H2,1H3,(H,21,22). The van der Waals surface area contributed by atoms with E-state index in [0.717, 1.165) is 5.56 Å². The first-order valence-corrected chi connectivity index (χ1v) is 7.93. The average molecular weight is 353 g/mol. The molecule has 0 aromatic heterocycles. The summed E-state index contributed by atoms with van der Waals surface area (Å²) in [6.45, 7) is 1.16. The second-order valence-corrected chi connectivity index (χ2v) is 5.75. The molecule has 2 rings (SSSR count). The first-order valence-electron chi connectivity index (χ1n) is 7.17. The molecule has 122 valence electrons. The van der Waals surface area contributed by atoms with E-state index in [1.165, 1.54) is 0 Å². The second-order valence-electron chi connectivity index (χ2n) is 4.91. The van der Waals surface area contributed by atoms with Gasteiger partial charge in [0, 0.05) is 29.6 Å². The number of anilines is 1. The van der Waals surface area contributed by atoms with Gasteiger partial charge >= 0.3 is 0 Å². The van der Waals surface area contributed by atoms with Crippen LogP contribution >= 0.6 is 23.2 Å². The second kappa shape index (κ2) is 8.77. The third-order valence-electron chi connectivity index (χ3n) is 3.24. The summed E-state index contributed by atoms with van der Waals surface area (Å²) in [5.41, 5.74) is 1.57. The van der Waals surface area contributed by atoms with Crippen molar-refractivity contribution in [1.82, 2.24) is 5.32 Å². The Morgan fingerprint density at radius 3 is 2.70 bits per heavy atom. The number of hydrogen-bond donors (Lipinski definition) is 2. The molecule has 0 aliphatic rings. The van der Waals surface area contributed by atoms with Crippen LogP contribution in [0.3, 0.4) is 0 Å². The van der Waals surface area contributed by atoms with Crippen LogP contribution in [0.5, 0.6) is 5.75 Å². The Labute approximate surface area is 145 Å². The predicted octanol–water partition coefficient (Wildman–Crippen LogP) is 4.12. The summed E-state index contributed by atoms with van der Waals surface area (Å²) in [5, 5.41) is 7.25. The molecule has 6 heteroatoms. The van der Waals surface area contributed by atoms with Crippen LogP contribution in [0.2, 0.25) is 10.0 Å². The Bertz CT molecular complexity index is 677. The highest BCUT2D eigenvalue weighted by atomic mass is 35.5. The van der Waals surface area contributed by atoms with E-state index < -0.39 is 0 Å². The van der Waals surface area contributed by atoms with Gasteiger partial charge in [-0.1, -0.05) is 41.4 Å². The third-order valence-corrected chi connectivity index (χ3v) is 3.84. The van der Waals surface area contributed by atoms with Crippen LogP contribution < -0.4 is 15.4 Å². The minimum Gasteiger partial charge on any atom is -0.495 e. The number of amides is 1. The Morgan fingerprint density at radius 2 is 1.96 bits per heavy atom. The number of methoxy groups -OCH3 is 1. The zero-order valence-corrected chi connectivity index (χ0v) is 14.2. The lowest BCUT2D eigenvalue weighted by Gasteiger charge is -2.11. The first kappa shape index (κ1) is 17.6. The maximum absolute atomic E-state index is 12.0. The van der Waals surface area contributed by atoms with E-state index in [1.54, 1.807) is 25.3 Å². The number of carbonyl (C=O) groups is 1. The van der Waals surface area contributed by atoms with Crippen molar-refractivity contribution in [2.75, 3.05) is 19.0 Å². The van der Waals surface area contributed by atoms with Gasteiger partial charge in [-0.3, -0.25) is 4.79 Å². The largest absolute Gasteiger partial charge is 0.495 e. The molecule has 0 fully saturated rings. The molecular weight excluding hydrogens is 335 g/mol. The SMILES string of the molecule is COc1ccc(Cl)cc1NC(=O)CCNCc1ccccc1Cl. The van der Waals surface area contributed by atoms with Gasteiger partial charge in [-0.25, -0.2) is 0 Å². The number of nitrogens with one attached hydrogen (secondary N) is 2. The third kappa shape index (κ3) is 5.43. The van der Waals surface area contributed by atoms with Crippen molar-refractivity contribution < 1.29 is 9.53 Å². The quantitative estimate of drug-likeness (QED) is 0.737. The van der Waals surface area contributed by atoms with Crippen molar-refractivity contribution in [3.8, 4) is 5.75 Å². The van der Waals surface area contributed by atoms with Crippen LogP contribution in [-0.2, 0) is 11.3 Å². The van der Waals surface area contributed by atoms with Crippen molar-refractivity contribution in [3.05, 3.63) is 58.1 Å². The maximum atomic E-state index is 12.0. The molecule has 2 N–H and O–H groups in total. The summed E-state index contributed by atoms with van der Waals surface area (Å²) in [5.74, 6) is 0.462. The molecule has 0 saturated carbocycles. The molecule has 0 unspecified atom stereocenters. The molecule has 2 aromatic carbocycles. The van der Waals surface area contributed by atoms with Gasteiger partial charge in [-0.05, 0) is 29.8 Å². The molecular formula is C17H18Cl2N2O2. The van der Waals surface area contributed by atoms with E-state index in [9.17, 15) is 4.79 Å². The van der Waals surface area contributed by atoms with E-state index in [2.05, 4.69) is 10.6 Å². The lowest BCUT2D eigenvalue weighted by Crippen LogP contribution is -2.21. The number of ether oxygens (including phenoxy) is 1. The van der Waals surface area contributed by atoms with Crippen LogP contribution in [0, 0.1) is 0 Å². The van der Waals surface area contributed by atoms with Gasteiger partial charge in [0.25, 0.3) is 0 Å². The van der Waals surface area contributed by atoms with Gasteiger partial charge in [-0.15, -0.1) is 0 Å². The molecule has 0 saturated heterocycles. The molecule has 0 atom stereocenters. The number of rotatable bonds is 7. The molecule has 0 aliphatic heterocycles.